The van der Waals surface area contributed by atoms with Crippen LogP contribution in [0, 0.1) is 13.8 Å². The van der Waals surface area contributed by atoms with Crippen molar-refractivity contribution in [3.05, 3.63) is 85.5 Å². The van der Waals surface area contributed by atoms with Gasteiger partial charge in [0.05, 0.1) is 0 Å². The van der Waals surface area contributed by atoms with Crippen LogP contribution in [0.15, 0.2) is 51.9 Å². The van der Waals surface area contributed by atoms with E-state index in [4.69, 9.17) is 0 Å². The summed E-state index contributed by atoms with van der Waals surface area (Å²) >= 11 is 3.15. The minimum atomic E-state index is -0.155. The Bertz CT molecular complexity index is 904. The Balaban J connectivity index is 1.86. The van der Waals surface area contributed by atoms with Gasteiger partial charge in [-0.25, -0.2) is 0 Å². The summed E-state index contributed by atoms with van der Waals surface area (Å²) in [5.74, 6) is -0.311. The van der Waals surface area contributed by atoms with E-state index in [1.54, 1.807) is 54.7 Å². The zero-order valence-corrected chi connectivity index (χ0v) is 16.1. The molecule has 0 saturated carbocycles. The van der Waals surface area contributed by atoms with Gasteiger partial charge in [-0.3, -0.25) is 14.6 Å². The largest absolute Gasteiger partial charge is 0.289 e. The second kappa shape index (κ2) is 8.17. The van der Waals surface area contributed by atoms with Crippen LogP contribution in [0.25, 0.3) is 12.2 Å². The van der Waals surface area contributed by atoms with Crippen LogP contribution in [0.2, 0.25) is 0 Å². The maximum atomic E-state index is 12.5. The zero-order chi connectivity index (χ0) is 18.5. The molecule has 0 atom stereocenters. The van der Waals surface area contributed by atoms with Crippen LogP contribution in [0.1, 0.15) is 43.2 Å². The van der Waals surface area contributed by atoms with Crippen molar-refractivity contribution in [2.45, 2.75) is 13.8 Å². The number of pyridine rings is 1. The van der Waals surface area contributed by atoms with Gasteiger partial charge in [0.2, 0.25) is 0 Å². The van der Waals surface area contributed by atoms with Crippen molar-refractivity contribution in [1.82, 2.24) is 4.98 Å². The minimum absolute atomic E-state index is 0.155. The van der Waals surface area contributed by atoms with E-state index in [-0.39, 0.29) is 11.6 Å². The van der Waals surface area contributed by atoms with Crippen molar-refractivity contribution in [3.63, 3.8) is 0 Å². The maximum Gasteiger partial charge on any atom is 0.187 e. The Kier molecular flexibility index (Phi) is 5.71. The standard InChI is InChI=1S/C21H17NO2S2/c1-14-18(20(23)5-3-16-7-9-25-12-16)11-19(15(2)22-14)21(24)6-4-17-8-10-26-13-17/h3-13H,1-2H3/b5-3+,6-4+. The molecule has 0 aromatic carbocycles. The SMILES string of the molecule is Cc1nc(C)c(C(=O)/C=C/c2ccsc2)cc1C(=O)/C=C/c1ccsc1. The van der Waals surface area contributed by atoms with Crippen LogP contribution in [-0.2, 0) is 0 Å². The van der Waals surface area contributed by atoms with E-state index in [0.717, 1.165) is 11.1 Å². The van der Waals surface area contributed by atoms with E-state index in [1.165, 1.54) is 12.2 Å². The molecule has 0 spiro atoms. The molecule has 0 fully saturated rings. The molecule has 3 aromatic heterocycles. The molecule has 3 rings (SSSR count). The first kappa shape index (κ1) is 18.2. The van der Waals surface area contributed by atoms with Crippen LogP contribution in [-0.4, -0.2) is 16.6 Å². The smallest absolute Gasteiger partial charge is 0.187 e. The van der Waals surface area contributed by atoms with Gasteiger partial charge >= 0.3 is 0 Å². The highest BCUT2D eigenvalue weighted by Gasteiger charge is 2.14. The molecule has 0 aliphatic carbocycles. The number of carbonyl (C=O) groups excluding carboxylic acids is 2. The van der Waals surface area contributed by atoms with Crippen molar-refractivity contribution in [3.8, 4) is 0 Å². The highest BCUT2D eigenvalue weighted by Crippen LogP contribution is 2.17. The lowest BCUT2D eigenvalue weighted by molar-refractivity contribution is 0.104. The molecule has 0 bridgehead atoms. The molecule has 3 nitrogen and oxygen atoms in total. The van der Waals surface area contributed by atoms with E-state index in [1.807, 2.05) is 33.7 Å². The third-order valence-corrected chi connectivity index (χ3v) is 5.28. The fourth-order valence-electron chi connectivity index (χ4n) is 2.49. The van der Waals surface area contributed by atoms with E-state index in [2.05, 4.69) is 4.98 Å². The molecule has 130 valence electrons. The summed E-state index contributed by atoms with van der Waals surface area (Å²) in [6.07, 6.45) is 6.60. The second-order valence-electron chi connectivity index (χ2n) is 5.76. The molecule has 5 heteroatoms. The van der Waals surface area contributed by atoms with Crippen LogP contribution < -0.4 is 0 Å². The number of rotatable bonds is 6. The molecule has 0 aliphatic rings. The molecule has 3 aromatic rings. The summed E-state index contributed by atoms with van der Waals surface area (Å²) in [4.78, 5) is 29.5. The van der Waals surface area contributed by atoms with Crippen LogP contribution >= 0.6 is 22.7 Å². The fraction of sp³-hybridized carbons (Fsp3) is 0.0952. The van der Waals surface area contributed by atoms with Crippen molar-refractivity contribution >= 4 is 46.4 Å². The van der Waals surface area contributed by atoms with E-state index >= 15 is 0 Å². The third-order valence-electron chi connectivity index (χ3n) is 3.88. The van der Waals surface area contributed by atoms with Crippen molar-refractivity contribution in [2.24, 2.45) is 0 Å². The summed E-state index contributed by atoms with van der Waals surface area (Å²) in [6, 6.07) is 5.54. The number of aryl methyl sites for hydroxylation is 2. The average molecular weight is 380 g/mol. The summed E-state index contributed by atoms with van der Waals surface area (Å²) in [6.45, 7) is 3.57. The normalized spacial score (nSPS) is 11.5. The lowest BCUT2D eigenvalue weighted by Crippen LogP contribution is -2.08. The van der Waals surface area contributed by atoms with Gasteiger partial charge in [-0.15, -0.1) is 0 Å². The van der Waals surface area contributed by atoms with E-state index < -0.39 is 0 Å². The molecular weight excluding hydrogens is 362 g/mol. The summed E-state index contributed by atoms with van der Waals surface area (Å²) in [7, 11) is 0. The van der Waals surface area contributed by atoms with Gasteiger partial charge in [0.15, 0.2) is 11.6 Å². The number of thiophene rings is 2. The van der Waals surface area contributed by atoms with Gasteiger partial charge < -0.3 is 0 Å². The molecule has 0 N–H and O–H groups in total. The van der Waals surface area contributed by atoms with E-state index in [0.29, 0.717) is 22.5 Å². The topological polar surface area (TPSA) is 47.0 Å². The molecule has 0 saturated heterocycles. The van der Waals surface area contributed by atoms with Crippen molar-refractivity contribution in [1.29, 1.82) is 0 Å². The van der Waals surface area contributed by atoms with Gasteiger partial charge in [-0.1, -0.05) is 12.2 Å². The Hall–Kier alpha value is -2.63. The first-order chi connectivity index (χ1) is 12.5. The molecule has 0 amide bonds. The molecular formula is C21H17NO2S2. The highest BCUT2D eigenvalue weighted by atomic mass is 32.1. The number of carbonyl (C=O) groups is 2. The first-order valence-corrected chi connectivity index (χ1v) is 9.90. The molecule has 0 unspecified atom stereocenters. The number of aromatic nitrogens is 1. The number of hydrogen-bond acceptors (Lipinski definition) is 5. The monoisotopic (exact) mass is 379 g/mol. The number of nitrogens with zero attached hydrogens (tertiary/aromatic N) is 1. The number of allylic oxidation sites excluding steroid dienone is 2. The van der Waals surface area contributed by atoms with E-state index in [9.17, 15) is 9.59 Å². The van der Waals surface area contributed by atoms with Gasteiger partial charge in [-0.2, -0.15) is 22.7 Å². The van der Waals surface area contributed by atoms with Gasteiger partial charge in [0.1, 0.15) is 0 Å². The third kappa shape index (κ3) is 4.31. The van der Waals surface area contributed by atoms with Crippen molar-refractivity contribution in [2.75, 3.05) is 0 Å². The van der Waals surface area contributed by atoms with Gasteiger partial charge in [0.25, 0.3) is 0 Å². The lowest BCUT2D eigenvalue weighted by Gasteiger charge is -2.07. The van der Waals surface area contributed by atoms with Crippen LogP contribution in [0.5, 0.6) is 0 Å². The summed E-state index contributed by atoms with van der Waals surface area (Å²) in [5, 5.41) is 7.85. The van der Waals surface area contributed by atoms with Gasteiger partial charge in [0, 0.05) is 22.5 Å². The van der Waals surface area contributed by atoms with Crippen LogP contribution in [0.3, 0.4) is 0 Å². The molecule has 0 aliphatic heterocycles. The van der Waals surface area contributed by atoms with Gasteiger partial charge in [-0.05, 0) is 76.8 Å². The average Bonchev–Trinajstić information content (AvgIpc) is 3.31. The predicted octanol–water partition coefficient (Wildman–Crippen LogP) is 5.61. The molecule has 26 heavy (non-hydrogen) atoms. The molecule has 3 heterocycles. The second-order valence-corrected chi connectivity index (χ2v) is 7.32. The summed E-state index contributed by atoms with van der Waals surface area (Å²) in [5.41, 5.74) is 4.12. The minimum Gasteiger partial charge on any atom is -0.289 e. The van der Waals surface area contributed by atoms with Crippen LogP contribution in [0.4, 0.5) is 0 Å². The fourth-order valence-corrected chi connectivity index (χ4v) is 3.74. The Morgan fingerprint density at radius 1 is 0.846 bits per heavy atom. The first-order valence-electron chi connectivity index (χ1n) is 8.02. The number of ketones is 2. The maximum absolute atomic E-state index is 12.5. The molecule has 0 radical (unpaired) electrons. The highest BCUT2D eigenvalue weighted by molar-refractivity contribution is 7.08. The number of hydrogen-bond donors (Lipinski definition) is 0. The van der Waals surface area contributed by atoms with Crippen molar-refractivity contribution < 1.29 is 9.59 Å². The summed E-state index contributed by atoms with van der Waals surface area (Å²) < 4.78 is 0. The quantitative estimate of drug-likeness (QED) is 0.413. The predicted molar refractivity (Wildman–Crippen MR) is 109 cm³/mol. The Morgan fingerprint density at radius 2 is 1.31 bits per heavy atom. The Morgan fingerprint density at radius 3 is 1.69 bits per heavy atom. The lowest BCUT2D eigenvalue weighted by atomic mass is 10.0. The zero-order valence-electron chi connectivity index (χ0n) is 14.4. The Labute approximate surface area is 160 Å².